The van der Waals surface area contributed by atoms with Crippen LogP contribution in [-0.4, -0.2) is 23.3 Å². The molecule has 0 spiro atoms. The van der Waals surface area contributed by atoms with Crippen molar-refractivity contribution in [3.8, 4) is 11.3 Å². The summed E-state index contributed by atoms with van der Waals surface area (Å²) in [7, 11) is -3.76. The minimum absolute atomic E-state index is 0. The normalized spacial score (nSPS) is 9.79. The van der Waals surface area contributed by atoms with Gasteiger partial charge in [-0.15, -0.1) is 17.7 Å². The van der Waals surface area contributed by atoms with Crippen LogP contribution in [0, 0.1) is 21.9 Å². The number of non-ortho nitro benzene ring substituents is 1. The van der Waals surface area contributed by atoms with E-state index in [0.717, 1.165) is 5.75 Å². The number of benzene rings is 3. The summed E-state index contributed by atoms with van der Waals surface area (Å²) in [6.45, 7) is 0. The van der Waals surface area contributed by atoms with E-state index >= 15 is 0 Å². The van der Waals surface area contributed by atoms with Crippen molar-refractivity contribution in [1.82, 2.24) is 9.97 Å². The molecule has 0 fully saturated rings. The van der Waals surface area contributed by atoms with Gasteiger partial charge in [-0.3, -0.25) is 20.1 Å². The summed E-state index contributed by atoms with van der Waals surface area (Å²) in [5.74, 6) is 1.15. The summed E-state index contributed by atoms with van der Waals surface area (Å²) >= 11 is 0. The third-order valence-corrected chi connectivity index (χ3v) is 6.23. The van der Waals surface area contributed by atoms with Gasteiger partial charge in [0.1, 0.15) is 0 Å². The Balaban J connectivity index is 0.000000319. The Morgan fingerprint density at radius 3 is 1.82 bits per heavy atom. The minimum Gasteiger partial charge on any atom is -0.270 e. The van der Waals surface area contributed by atoms with Crippen LogP contribution in [0.3, 0.4) is 0 Å². The van der Waals surface area contributed by atoms with Crippen LogP contribution < -0.4 is 0 Å². The quantitative estimate of drug-likeness (QED) is 0.101. The average molecular weight is 616 g/mol. The molecule has 0 N–H and O–H groups in total. The molecule has 0 unspecified atom stereocenters. The van der Waals surface area contributed by atoms with Crippen LogP contribution in [0.1, 0.15) is 5.56 Å². The van der Waals surface area contributed by atoms with Crippen molar-refractivity contribution in [3.05, 3.63) is 161 Å². The SMILES string of the molecule is O=[N+]([O-])c1ccc(S(=O)(=O)[CH-]c2ccccc2-c2ccccn2)cc1.[Pd+2].[c-]1ccccc1.c1ccncc1. The zero-order valence-corrected chi connectivity index (χ0v) is 22.3. The van der Waals surface area contributed by atoms with Crippen LogP contribution in [0.2, 0.25) is 0 Å². The number of nitro benzene ring substituents is 1. The molecule has 38 heavy (non-hydrogen) atoms. The molecule has 194 valence electrons. The van der Waals surface area contributed by atoms with Gasteiger partial charge in [0.25, 0.3) is 5.69 Å². The second-order valence-corrected chi connectivity index (χ2v) is 9.12. The van der Waals surface area contributed by atoms with Gasteiger partial charge in [-0.25, -0.2) is 8.42 Å². The molecule has 5 rings (SSSR count). The van der Waals surface area contributed by atoms with E-state index in [0.29, 0.717) is 16.8 Å². The molecular weight excluding hydrogens is 593 g/mol. The molecule has 2 aromatic heterocycles. The van der Waals surface area contributed by atoms with E-state index in [-0.39, 0.29) is 31.0 Å². The zero-order chi connectivity index (χ0) is 26.3. The van der Waals surface area contributed by atoms with Gasteiger partial charge in [0.2, 0.25) is 0 Å². The maximum absolute atomic E-state index is 12.6. The smallest absolute Gasteiger partial charge is 0.270 e. The molecule has 7 nitrogen and oxygen atoms in total. The Hall–Kier alpha value is -4.16. The molecule has 3 aromatic carbocycles. The van der Waals surface area contributed by atoms with Gasteiger partial charge in [0, 0.05) is 36.4 Å². The number of aromatic nitrogens is 2. The molecule has 0 amide bonds. The third-order valence-electron chi connectivity index (χ3n) is 4.73. The standard InChI is InChI=1S/C18H13N2O4S.C6H5.C5H5N.Pd/c21-20(22)15-8-10-16(11-9-15)25(23,24)13-14-5-1-2-6-17(14)18-7-3-4-12-19-18;2*1-2-4-6-5-3-1;/h1-13H;2*1-5H;/q2*-1;;+2. The Labute approximate surface area is 236 Å². The van der Waals surface area contributed by atoms with Gasteiger partial charge < -0.3 is 0 Å². The molecule has 0 saturated carbocycles. The van der Waals surface area contributed by atoms with Crippen molar-refractivity contribution in [2.24, 2.45) is 0 Å². The van der Waals surface area contributed by atoms with Crippen molar-refractivity contribution in [1.29, 1.82) is 0 Å². The maximum Gasteiger partial charge on any atom is 2.00 e. The molecule has 0 saturated heterocycles. The third kappa shape index (κ3) is 9.71. The first-order chi connectivity index (χ1) is 18.0. The van der Waals surface area contributed by atoms with Gasteiger partial charge in [0.15, 0.2) is 9.84 Å². The fourth-order valence-corrected chi connectivity index (χ4v) is 4.19. The van der Waals surface area contributed by atoms with Crippen molar-refractivity contribution in [2.75, 3.05) is 0 Å². The molecule has 0 aliphatic heterocycles. The second kappa shape index (κ2) is 15.8. The van der Waals surface area contributed by atoms with Crippen molar-refractivity contribution in [2.45, 2.75) is 4.90 Å². The largest absolute Gasteiger partial charge is 2.00 e. The van der Waals surface area contributed by atoms with Gasteiger partial charge in [-0.2, -0.15) is 48.0 Å². The van der Waals surface area contributed by atoms with Crippen molar-refractivity contribution >= 4 is 15.5 Å². The van der Waals surface area contributed by atoms with Crippen LogP contribution in [0.5, 0.6) is 0 Å². The number of rotatable bonds is 5. The minimum atomic E-state index is -3.76. The van der Waals surface area contributed by atoms with Gasteiger partial charge >= 0.3 is 20.4 Å². The predicted octanol–water partition coefficient (Wildman–Crippen LogP) is 6.21. The van der Waals surface area contributed by atoms with Crippen LogP contribution in [0.15, 0.2) is 139 Å². The van der Waals surface area contributed by atoms with Crippen LogP contribution >= 0.6 is 0 Å². The second-order valence-electron chi connectivity index (χ2n) is 7.32. The molecule has 9 heteroatoms. The van der Waals surface area contributed by atoms with E-state index < -0.39 is 14.8 Å². The summed E-state index contributed by atoms with van der Waals surface area (Å²) < 4.78 is 25.2. The Kier molecular flexibility index (Phi) is 12.5. The number of sulfone groups is 1. The summed E-state index contributed by atoms with van der Waals surface area (Å²) in [5, 5.41) is 10.7. The molecule has 2 heterocycles. The monoisotopic (exact) mass is 615 g/mol. The summed E-state index contributed by atoms with van der Waals surface area (Å²) in [6, 6.07) is 35.4. The van der Waals surface area contributed by atoms with Gasteiger partial charge in [-0.1, -0.05) is 24.0 Å². The van der Waals surface area contributed by atoms with E-state index in [2.05, 4.69) is 16.0 Å². The van der Waals surface area contributed by atoms with Crippen LogP contribution in [0.4, 0.5) is 5.69 Å². The Morgan fingerprint density at radius 1 is 0.737 bits per heavy atom. The van der Waals surface area contributed by atoms with E-state index in [9.17, 15) is 18.5 Å². The van der Waals surface area contributed by atoms with Crippen molar-refractivity contribution in [3.63, 3.8) is 0 Å². The van der Waals surface area contributed by atoms with Crippen LogP contribution in [0.25, 0.3) is 11.3 Å². The molecular formula is C29H23N3O4PdS. The van der Waals surface area contributed by atoms with E-state index in [1.54, 1.807) is 55.0 Å². The molecule has 0 radical (unpaired) electrons. The van der Waals surface area contributed by atoms with E-state index in [1.807, 2.05) is 54.6 Å². The molecule has 0 aliphatic rings. The first-order valence-corrected chi connectivity index (χ1v) is 12.6. The van der Waals surface area contributed by atoms with Crippen LogP contribution in [-0.2, 0) is 30.3 Å². The molecule has 0 aliphatic carbocycles. The zero-order valence-electron chi connectivity index (χ0n) is 20.0. The fraction of sp³-hybridized carbons (Fsp3) is 0. The first-order valence-electron chi connectivity index (χ1n) is 11.1. The summed E-state index contributed by atoms with van der Waals surface area (Å²) in [4.78, 5) is 18.2. The average Bonchev–Trinajstić information content (AvgIpc) is 2.96. The Morgan fingerprint density at radius 2 is 1.34 bits per heavy atom. The fourth-order valence-electron chi connectivity index (χ4n) is 3.00. The molecule has 5 aromatic rings. The van der Waals surface area contributed by atoms with E-state index in [4.69, 9.17) is 0 Å². The van der Waals surface area contributed by atoms with Gasteiger partial charge in [0.05, 0.1) is 9.82 Å². The van der Waals surface area contributed by atoms with Crippen molar-refractivity contribution < 1.29 is 33.8 Å². The topological polar surface area (TPSA) is 103 Å². The summed E-state index contributed by atoms with van der Waals surface area (Å²) in [5.41, 5.74) is 1.69. The Bertz CT molecular complexity index is 1390. The maximum atomic E-state index is 12.6. The predicted molar refractivity (Wildman–Crippen MR) is 143 cm³/mol. The first kappa shape index (κ1) is 30.1. The number of nitrogens with zero attached hydrogens (tertiary/aromatic N) is 3. The van der Waals surface area contributed by atoms with Gasteiger partial charge in [-0.05, 0) is 36.4 Å². The number of pyridine rings is 2. The number of nitro groups is 1. The number of hydrogen-bond acceptors (Lipinski definition) is 6. The molecule has 0 atom stereocenters. The number of hydrogen-bond donors (Lipinski definition) is 0. The molecule has 0 bridgehead atoms. The van der Waals surface area contributed by atoms with E-state index in [1.165, 1.54) is 24.3 Å². The summed E-state index contributed by atoms with van der Waals surface area (Å²) in [6.07, 6.45) is 5.14.